The molecule has 2 aromatic rings. The molecule has 5 nitrogen and oxygen atoms in total. The summed E-state index contributed by atoms with van der Waals surface area (Å²) < 4.78 is 16.0. The van der Waals surface area contributed by atoms with Gasteiger partial charge in [0, 0.05) is 23.4 Å². The topological polar surface area (TPSA) is 67.8 Å². The van der Waals surface area contributed by atoms with Crippen LogP contribution in [0.25, 0.3) is 0 Å². The average molecular weight is 303 g/mol. The fourth-order valence-electron chi connectivity index (χ4n) is 1.99. The van der Waals surface area contributed by atoms with E-state index in [1.165, 1.54) is 0 Å². The van der Waals surface area contributed by atoms with E-state index in [1.807, 2.05) is 6.92 Å². The summed E-state index contributed by atoms with van der Waals surface area (Å²) in [5.41, 5.74) is 1.89. The van der Waals surface area contributed by atoms with Gasteiger partial charge in [0.05, 0.1) is 5.02 Å². The molecule has 0 saturated carbocycles. The summed E-state index contributed by atoms with van der Waals surface area (Å²) in [5, 5.41) is 9.63. The minimum Gasteiger partial charge on any atom is -0.454 e. The standard InChI is InChI=1S/C15H11ClN2O3/c1-8-9(2)21-15(11(8)5-17)18-6-10-3-13-14(4-12(10)16)20-7-19-13/h3-4,6H,7H2,1-2H3. The van der Waals surface area contributed by atoms with E-state index in [4.69, 9.17) is 30.8 Å². The predicted octanol–water partition coefficient (Wildman–Crippen LogP) is 3.90. The molecule has 0 amide bonds. The summed E-state index contributed by atoms with van der Waals surface area (Å²) in [4.78, 5) is 4.22. The first-order valence-electron chi connectivity index (χ1n) is 6.23. The number of ether oxygens (including phenoxy) is 2. The van der Waals surface area contributed by atoms with E-state index in [1.54, 1.807) is 25.3 Å². The highest BCUT2D eigenvalue weighted by atomic mass is 35.5. The molecule has 0 fully saturated rings. The summed E-state index contributed by atoms with van der Waals surface area (Å²) in [6.07, 6.45) is 1.54. The van der Waals surface area contributed by atoms with Crippen molar-refractivity contribution in [3.8, 4) is 17.6 Å². The highest BCUT2D eigenvalue weighted by Gasteiger charge is 2.17. The van der Waals surface area contributed by atoms with Gasteiger partial charge < -0.3 is 13.9 Å². The van der Waals surface area contributed by atoms with E-state index in [9.17, 15) is 0 Å². The number of benzene rings is 1. The molecular formula is C15H11ClN2O3. The van der Waals surface area contributed by atoms with Crippen molar-refractivity contribution < 1.29 is 13.9 Å². The average Bonchev–Trinajstić information content (AvgIpc) is 3.01. The maximum atomic E-state index is 9.14. The van der Waals surface area contributed by atoms with Crippen molar-refractivity contribution in [1.29, 1.82) is 5.26 Å². The molecule has 1 aliphatic heterocycles. The molecular weight excluding hydrogens is 292 g/mol. The van der Waals surface area contributed by atoms with E-state index in [0.717, 1.165) is 5.56 Å². The lowest BCUT2D eigenvalue weighted by Crippen LogP contribution is -1.92. The first-order chi connectivity index (χ1) is 10.1. The monoisotopic (exact) mass is 302 g/mol. The quantitative estimate of drug-likeness (QED) is 0.789. The summed E-state index contributed by atoms with van der Waals surface area (Å²) in [6, 6.07) is 5.51. The number of rotatable bonds is 2. The van der Waals surface area contributed by atoms with Gasteiger partial charge in [0.25, 0.3) is 0 Å². The summed E-state index contributed by atoms with van der Waals surface area (Å²) >= 11 is 6.16. The summed E-state index contributed by atoms with van der Waals surface area (Å²) in [7, 11) is 0. The molecule has 6 heteroatoms. The molecule has 2 heterocycles. The Bertz CT molecular complexity index is 787. The van der Waals surface area contributed by atoms with Gasteiger partial charge in [-0.05, 0) is 19.9 Å². The molecule has 0 N–H and O–H groups in total. The van der Waals surface area contributed by atoms with Crippen LogP contribution < -0.4 is 9.47 Å². The number of nitriles is 1. The SMILES string of the molecule is Cc1oc(N=Cc2cc3c(cc2Cl)OCO3)c(C#N)c1C. The highest BCUT2D eigenvalue weighted by Crippen LogP contribution is 2.36. The second kappa shape index (κ2) is 5.15. The van der Waals surface area contributed by atoms with E-state index >= 15 is 0 Å². The van der Waals surface area contributed by atoms with Crippen LogP contribution in [-0.4, -0.2) is 13.0 Å². The second-order valence-electron chi connectivity index (χ2n) is 4.56. The molecule has 0 unspecified atom stereocenters. The van der Waals surface area contributed by atoms with Gasteiger partial charge in [-0.2, -0.15) is 5.26 Å². The molecule has 0 radical (unpaired) electrons. The van der Waals surface area contributed by atoms with Crippen LogP contribution >= 0.6 is 11.6 Å². The van der Waals surface area contributed by atoms with Gasteiger partial charge >= 0.3 is 0 Å². The fraction of sp³-hybridized carbons (Fsp3) is 0.200. The third-order valence-corrected chi connectivity index (χ3v) is 3.62. The lowest BCUT2D eigenvalue weighted by atomic mass is 10.2. The number of fused-ring (bicyclic) bond motifs is 1. The molecule has 0 atom stereocenters. The first kappa shape index (κ1) is 13.5. The van der Waals surface area contributed by atoms with Gasteiger partial charge in [0.15, 0.2) is 11.5 Å². The van der Waals surface area contributed by atoms with E-state index in [2.05, 4.69) is 11.1 Å². The largest absolute Gasteiger partial charge is 0.454 e. The molecule has 0 aliphatic carbocycles. The molecule has 0 bridgehead atoms. The van der Waals surface area contributed by atoms with Crippen LogP contribution in [0.1, 0.15) is 22.5 Å². The van der Waals surface area contributed by atoms with Gasteiger partial charge in [0.1, 0.15) is 17.4 Å². The normalized spacial score (nSPS) is 12.9. The van der Waals surface area contributed by atoms with E-state index in [-0.39, 0.29) is 12.7 Å². The Morgan fingerprint density at radius 2 is 2.00 bits per heavy atom. The van der Waals surface area contributed by atoms with Crippen LogP contribution in [0.5, 0.6) is 11.5 Å². The third-order valence-electron chi connectivity index (χ3n) is 3.29. The first-order valence-corrected chi connectivity index (χ1v) is 6.61. The summed E-state index contributed by atoms with van der Waals surface area (Å²) in [5.74, 6) is 2.18. The maximum absolute atomic E-state index is 9.14. The Kier molecular flexibility index (Phi) is 3.32. The molecule has 0 saturated heterocycles. The van der Waals surface area contributed by atoms with Crippen molar-refractivity contribution in [2.75, 3.05) is 6.79 Å². The molecule has 1 aliphatic rings. The van der Waals surface area contributed by atoms with E-state index < -0.39 is 0 Å². The van der Waals surface area contributed by atoms with Gasteiger partial charge in [-0.3, -0.25) is 0 Å². The van der Waals surface area contributed by atoms with Crippen molar-refractivity contribution in [2.24, 2.45) is 4.99 Å². The number of aliphatic imine (C=N–C) groups is 1. The maximum Gasteiger partial charge on any atom is 0.237 e. The zero-order valence-electron chi connectivity index (χ0n) is 11.4. The van der Waals surface area contributed by atoms with Crippen molar-refractivity contribution >= 4 is 23.7 Å². The Labute approximate surface area is 126 Å². The summed E-state index contributed by atoms with van der Waals surface area (Å²) in [6.45, 7) is 3.80. The number of nitrogens with zero attached hydrogens (tertiary/aromatic N) is 2. The molecule has 1 aromatic heterocycles. The van der Waals surface area contributed by atoms with E-state index in [0.29, 0.717) is 33.4 Å². The van der Waals surface area contributed by atoms with Crippen LogP contribution in [-0.2, 0) is 0 Å². The minimum atomic E-state index is 0.182. The Morgan fingerprint density at radius 1 is 1.29 bits per heavy atom. The van der Waals surface area contributed by atoms with Crippen LogP contribution in [0.3, 0.4) is 0 Å². The van der Waals surface area contributed by atoms with Gasteiger partial charge in [-0.15, -0.1) is 0 Å². The third kappa shape index (κ3) is 2.34. The smallest absolute Gasteiger partial charge is 0.237 e. The van der Waals surface area contributed by atoms with Crippen molar-refractivity contribution in [2.45, 2.75) is 13.8 Å². The lowest BCUT2D eigenvalue weighted by Gasteiger charge is -2.00. The van der Waals surface area contributed by atoms with Crippen molar-refractivity contribution in [1.82, 2.24) is 0 Å². The predicted molar refractivity (Wildman–Crippen MR) is 77.7 cm³/mol. The number of hydrogen-bond donors (Lipinski definition) is 0. The minimum absolute atomic E-state index is 0.182. The zero-order valence-corrected chi connectivity index (χ0v) is 12.2. The Hall–Kier alpha value is -2.45. The Morgan fingerprint density at radius 3 is 2.71 bits per heavy atom. The van der Waals surface area contributed by atoms with Crippen LogP contribution in [0, 0.1) is 25.2 Å². The lowest BCUT2D eigenvalue weighted by molar-refractivity contribution is 0.174. The molecule has 1 aromatic carbocycles. The molecule has 3 rings (SSSR count). The molecule has 0 spiro atoms. The van der Waals surface area contributed by atoms with Gasteiger partial charge in [0.2, 0.25) is 12.7 Å². The second-order valence-corrected chi connectivity index (χ2v) is 4.97. The fourth-order valence-corrected chi connectivity index (χ4v) is 2.19. The molecule has 106 valence electrons. The van der Waals surface area contributed by atoms with Crippen LogP contribution in [0.15, 0.2) is 21.5 Å². The van der Waals surface area contributed by atoms with Crippen molar-refractivity contribution in [3.05, 3.63) is 39.6 Å². The van der Waals surface area contributed by atoms with Gasteiger partial charge in [-0.1, -0.05) is 11.6 Å². The number of hydrogen-bond acceptors (Lipinski definition) is 5. The Balaban J connectivity index is 1.98. The highest BCUT2D eigenvalue weighted by molar-refractivity contribution is 6.33. The molecule has 21 heavy (non-hydrogen) atoms. The number of halogens is 1. The van der Waals surface area contributed by atoms with Crippen LogP contribution in [0.2, 0.25) is 5.02 Å². The van der Waals surface area contributed by atoms with Crippen LogP contribution in [0.4, 0.5) is 5.88 Å². The van der Waals surface area contributed by atoms with Gasteiger partial charge in [-0.25, -0.2) is 4.99 Å². The number of furan rings is 1. The van der Waals surface area contributed by atoms with Crippen molar-refractivity contribution in [3.63, 3.8) is 0 Å². The zero-order chi connectivity index (χ0) is 15.0. The number of aryl methyl sites for hydroxylation is 1.